The summed E-state index contributed by atoms with van der Waals surface area (Å²) in [6.07, 6.45) is 1.68. The molecule has 0 saturated carbocycles. The van der Waals surface area contributed by atoms with Crippen molar-refractivity contribution in [3.8, 4) is 0 Å². The van der Waals surface area contributed by atoms with Crippen molar-refractivity contribution in [2.45, 2.75) is 20.4 Å². The number of hydrogen-bond acceptors (Lipinski definition) is 7. The smallest absolute Gasteiger partial charge is 0.271 e. The Bertz CT molecular complexity index is 908. The quantitative estimate of drug-likeness (QED) is 0.628. The normalized spacial score (nSPS) is 11.1. The molecule has 0 aliphatic heterocycles. The number of carbonyl (C=O) groups is 1. The largest absolute Gasteiger partial charge is 0.368 e. The SMILES string of the molecule is CCn1cc(Nc2nc(N)nc3c2nc(C)n3C)c(C(N)=O)n1. The molecule has 10 nitrogen and oxygen atoms in total. The summed E-state index contributed by atoms with van der Waals surface area (Å²) in [5.74, 6) is 0.637. The molecule has 0 spiro atoms. The van der Waals surface area contributed by atoms with Gasteiger partial charge >= 0.3 is 0 Å². The van der Waals surface area contributed by atoms with Crippen LogP contribution in [0.15, 0.2) is 6.20 Å². The molecular formula is C13H17N9O. The molecule has 0 fully saturated rings. The maximum atomic E-state index is 11.6. The van der Waals surface area contributed by atoms with E-state index in [1.54, 1.807) is 10.9 Å². The van der Waals surface area contributed by atoms with Crippen molar-refractivity contribution in [2.24, 2.45) is 12.8 Å². The van der Waals surface area contributed by atoms with Crippen molar-refractivity contribution in [1.82, 2.24) is 29.3 Å². The van der Waals surface area contributed by atoms with E-state index in [0.29, 0.717) is 29.2 Å². The van der Waals surface area contributed by atoms with Crippen LogP contribution in [0.2, 0.25) is 0 Å². The van der Waals surface area contributed by atoms with Crippen molar-refractivity contribution >= 4 is 34.5 Å². The third-order valence-electron chi connectivity index (χ3n) is 3.53. The fourth-order valence-electron chi connectivity index (χ4n) is 2.26. The minimum Gasteiger partial charge on any atom is -0.368 e. The van der Waals surface area contributed by atoms with Crippen molar-refractivity contribution < 1.29 is 4.79 Å². The standard InChI is InChI=1S/C13H17N9O/c1-4-22-5-7(8(20-22)10(14)23)17-11-9-12(19-13(15)18-11)21(3)6(2)16-9/h5H,4H2,1-3H3,(H2,14,23)(H3,15,17,18,19). The molecule has 10 heteroatoms. The average Bonchev–Trinajstić information content (AvgIpc) is 3.03. The molecule has 0 radical (unpaired) electrons. The number of rotatable bonds is 4. The Hall–Kier alpha value is -3.17. The van der Waals surface area contributed by atoms with Gasteiger partial charge in [-0.3, -0.25) is 9.48 Å². The molecule has 3 rings (SSSR count). The first-order valence-electron chi connectivity index (χ1n) is 7.01. The lowest BCUT2D eigenvalue weighted by Gasteiger charge is -2.06. The van der Waals surface area contributed by atoms with E-state index in [0.717, 1.165) is 5.82 Å². The molecule has 0 bridgehead atoms. The van der Waals surface area contributed by atoms with Gasteiger partial charge < -0.3 is 21.4 Å². The number of carbonyl (C=O) groups excluding carboxylic acids is 1. The van der Waals surface area contributed by atoms with Gasteiger partial charge in [-0.05, 0) is 13.8 Å². The Labute approximate surface area is 131 Å². The zero-order valence-corrected chi connectivity index (χ0v) is 13.0. The highest BCUT2D eigenvalue weighted by Gasteiger charge is 2.18. The van der Waals surface area contributed by atoms with Gasteiger partial charge in [0.05, 0.1) is 5.69 Å². The molecule has 5 N–H and O–H groups in total. The fourth-order valence-corrected chi connectivity index (χ4v) is 2.26. The summed E-state index contributed by atoms with van der Waals surface area (Å²) in [7, 11) is 1.84. The minimum atomic E-state index is -0.629. The number of amides is 1. The van der Waals surface area contributed by atoms with Crippen molar-refractivity contribution in [3.05, 3.63) is 17.7 Å². The van der Waals surface area contributed by atoms with Crippen LogP contribution in [-0.2, 0) is 13.6 Å². The second kappa shape index (κ2) is 5.23. The highest BCUT2D eigenvalue weighted by molar-refractivity contribution is 5.98. The Morgan fingerprint density at radius 2 is 2.09 bits per heavy atom. The number of nitrogens with two attached hydrogens (primary N) is 2. The maximum absolute atomic E-state index is 11.6. The van der Waals surface area contributed by atoms with Gasteiger partial charge in [-0.25, -0.2) is 4.98 Å². The van der Waals surface area contributed by atoms with Crippen LogP contribution in [0.1, 0.15) is 23.2 Å². The molecule has 0 saturated heterocycles. The van der Waals surface area contributed by atoms with E-state index >= 15 is 0 Å². The third kappa shape index (κ3) is 2.43. The van der Waals surface area contributed by atoms with Crippen LogP contribution in [0.3, 0.4) is 0 Å². The summed E-state index contributed by atoms with van der Waals surface area (Å²) < 4.78 is 3.41. The van der Waals surface area contributed by atoms with Gasteiger partial charge in [-0.15, -0.1) is 0 Å². The van der Waals surface area contributed by atoms with E-state index in [9.17, 15) is 4.79 Å². The molecule has 0 aromatic carbocycles. The molecule has 23 heavy (non-hydrogen) atoms. The summed E-state index contributed by atoms with van der Waals surface area (Å²) in [5.41, 5.74) is 12.9. The van der Waals surface area contributed by atoms with Crippen LogP contribution in [0.4, 0.5) is 17.5 Å². The van der Waals surface area contributed by atoms with E-state index in [4.69, 9.17) is 11.5 Å². The number of nitrogens with one attached hydrogen (secondary N) is 1. The van der Waals surface area contributed by atoms with Gasteiger partial charge in [0.1, 0.15) is 5.82 Å². The molecule has 0 atom stereocenters. The molecule has 3 aromatic heterocycles. The lowest BCUT2D eigenvalue weighted by Crippen LogP contribution is -2.14. The Morgan fingerprint density at radius 3 is 2.74 bits per heavy atom. The lowest BCUT2D eigenvalue weighted by molar-refractivity contribution is 0.0995. The maximum Gasteiger partial charge on any atom is 0.271 e. The molecule has 3 aromatic rings. The first-order chi connectivity index (χ1) is 10.9. The van der Waals surface area contributed by atoms with Gasteiger partial charge in [0.2, 0.25) is 5.95 Å². The number of aryl methyl sites for hydroxylation is 3. The fraction of sp³-hybridized carbons (Fsp3) is 0.308. The number of nitrogen functional groups attached to an aromatic ring is 1. The number of fused-ring (bicyclic) bond motifs is 1. The van der Waals surface area contributed by atoms with E-state index in [2.05, 4.69) is 25.4 Å². The molecule has 1 amide bonds. The van der Waals surface area contributed by atoms with Gasteiger partial charge in [0.15, 0.2) is 22.7 Å². The highest BCUT2D eigenvalue weighted by atomic mass is 16.1. The summed E-state index contributed by atoms with van der Waals surface area (Å²) in [6, 6.07) is 0. The molecule has 120 valence electrons. The highest BCUT2D eigenvalue weighted by Crippen LogP contribution is 2.25. The zero-order valence-electron chi connectivity index (χ0n) is 13.0. The summed E-state index contributed by atoms with van der Waals surface area (Å²) in [6.45, 7) is 4.36. The molecule has 0 aliphatic carbocycles. The molecule has 0 aliphatic rings. The van der Waals surface area contributed by atoms with E-state index in [-0.39, 0.29) is 11.6 Å². The van der Waals surface area contributed by atoms with Crippen LogP contribution in [0, 0.1) is 6.92 Å². The van der Waals surface area contributed by atoms with Gasteiger partial charge in [-0.1, -0.05) is 0 Å². The first-order valence-corrected chi connectivity index (χ1v) is 7.01. The van der Waals surface area contributed by atoms with Gasteiger partial charge in [-0.2, -0.15) is 15.1 Å². The van der Waals surface area contributed by atoms with Crippen LogP contribution in [0.5, 0.6) is 0 Å². The molecule has 3 heterocycles. The number of aromatic nitrogens is 6. The number of hydrogen-bond donors (Lipinski definition) is 3. The zero-order chi connectivity index (χ0) is 16.7. The van der Waals surface area contributed by atoms with Crippen LogP contribution in [-0.4, -0.2) is 35.2 Å². The van der Waals surface area contributed by atoms with Gasteiger partial charge in [0, 0.05) is 19.8 Å². The van der Waals surface area contributed by atoms with Crippen molar-refractivity contribution in [3.63, 3.8) is 0 Å². The minimum absolute atomic E-state index is 0.103. The first kappa shape index (κ1) is 14.8. The predicted octanol–water partition coefficient (Wildman–Crippen LogP) is 0.313. The Kier molecular flexibility index (Phi) is 3.36. The van der Waals surface area contributed by atoms with E-state index < -0.39 is 5.91 Å². The van der Waals surface area contributed by atoms with E-state index in [1.165, 1.54) is 0 Å². The second-order valence-corrected chi connectivity index (χ2v) is 5.06. The summed E-state index contributed by atoms with van der Waals surface area (Å²) in [5, 5.41) is 7.17. The second-order valence-electron chi connectivity index (χ2n) is 5.06. The van der Waals surface area contributed by atoms with E-state index in [1.807, 2.05) is 25.5 Å². The average molecular weight is 315 g/mol. The number of nitrogens with zero attached hydrogens (tertiary/aromatic N) is 6. The number of anilines is 3. The Morgan fingerprint density at radius 1 is 1.35 bits per heavy atom. The molecule has 0 unspecified atom stereocenters. The van der Waals surface area contributed by atoms with Crippen molar-refractivity contribution in [1.29, 1.82) is 0 Å². The lowest BCUT2D eigenvalue weighted by atomic mass is 10.3. The summed E-state index contributed by atoms with van der Waals surface area (Å²) >= 11 is 0. The van der Waals surface area contributed by atoms with Crippen LogP contribution in [0.25, 0.3) is 11.2 Å². The van der Waals surface area contributed by atoms with Crippen LogP contribution < -0.4 is 16.8 Å². The summed E-state index contributed by atoms with van der Waals surface area (Å²) in [4.78, 5) is 24.4. The number of imidazole rings is 1. The predicted molar refractivity (Wildman–Crippen MR) is 85.2 cm³/mol. The molecular weight excluding hydrogens is 298 g/mol. The van der Waals surface area contributed by atoms with Gasteiger partial charge in [0.25, 0.3) is 5.91 Å². The third-order valence-corrected chi connectivity index (χ3v) is 3.53. The number of primary amides is 1. The van der Waals surface area contributed by atoms with Crippen LogP contribution >= 0.6 is 0 Å². The topological polar surface area (TPSA) is 143 Å². The monoisotopic (exact) mass is 315 g/mol. The Balaban J connectivity index is 2.14. The van der Waals surface area contributed by atoms with Crippen molar-refractivity contribution in [2.75, 3.05) is 11.1 Å².